The molecule has 6 aromatic rings. The SMILES string of the molecule is C#CCCOc1ccc2c(=O)c3ccc(Oc4ccc5cc6ccccc6cc5c4)cc3sc2c1. The van der Waals surface area contributed by atoms with Crippen LogP contribution in [0.1, 0.15) is 6.42 Å². The lowest BCUT2D eigenvalue weighted by Crippen LogP contribution is -2.02. The third-order valence-electron chi connectivity index (χ3n) is 6.04. The normalized spacial score (nSPS) is 11.2. The minimum atomic E-state index is 0.00746. The van der Waals surface area contributed by atoms with E-state index in [9.17, 15) is 4.79 Å². The summed E-state index contributed by atoms with van der Waals surface area (Å²) in [7, 11) is 0. The zero-order valence-corrected chi connectivity index (χ0v) is 19.6. The maximum Gasteiger partial charge on any atom is 0.195 e. The van der Waals surface area contributed by atoms with Gasteiger partial charge in [-0.1, -0.05) is 30.3 Å². The van der Waals surface area contributed by atoms with Crippen molar-refractivity contribution >= 4 is 53.1 Å². The van der Waals surface area contributed by atoms with Gasteiger partial charge >= 0.3 is 0 Å². The third kappa shape index (κ3) is 4.07. The van der Waals surface area contributed by atoms with Crippen LogP contribution in [-0.4, -0.2) is 6.61 Å². The fourth-order valence-electron chi connectivity index (χ4n) is 4.31. The molecule has 0 aliphatic carbocycles. The molecule has 0 fully saturated rings. The molecule has 0 amide bonds. The fourth-order valence-corrected chi connectivity index (χ4v) is 5.44. The molecule has 1 aromatic heterocycles. The zero-order valence-electron chi connectivity index (χ0n) is 18.8. The summed E-state index contributed by atoms with van der Waals surface area (Å²) in [5.41, 5.74) is 0.00746. The van der Waals surface area contributed by atoms with Crippen LogP contribution in [0.3, 0.4) is 0 Å². The molecule has 0 saturated heterocycles. The van der Waals surface area contributed by atoms with Crippen LogP contribution in [0.25, 0.3) is 41.7 Å². The highest BCUT2D eigenvalue weighted by atomic mass is 32.1. The summed E-state index contributed by atoms with van der Waals surface area (Å²) in [4.78, 5) is 13.1. The van der Waals surface area contributed by atoms with Crippen molar-refractivity contribution in [3.05, 3.63) is 101 Å². The van der Waals surface area contributed by atoms with Crippen LogP contribution in [0, 0.1) is 12.3 Å². The van der Waals surface area contributed by atoms with Crippen LogP contribution in [0.15, 0.2) is 95.8 Å². The Balaban J connectivity index is 1.36. The van der Waals surface area contributed by atoms with Crippen molar-refractivity contribution in [2.24, 2.45) is 0 Å². The lowest BCUT2D eigenvalue weighted by molar-refractivity contribution is 0.328. The summed E-state index contributed by atoms with van der Waals surface area (Å²) in [6.45, 7) is 0.448. The summed E-state index contributed by atoms with van der Waals surface area (Å²) in [6, 6.07) is 30.0. The molecular formula is C31H20O3S. The minimum absolute atomic E-state index is 0.00746. The van der Waals surface area contributed by atoms with Crippen molar-refractivity contribution in [3.8, 4) is 29.6 Å². The zero-order chi connectivity index (χ0) is 23.8. The highest BCUT2D eigenvalue weighted by Gasteiger charge is 2.10. The Morgan fingerprint density at radius 2 is 1.29 bits per heavy atom. The Morgan fingerprint density at radius 1 is 0.686 bits per heavy atom. The highest BCUT2D eigenvalue weighted by Crippen LogP contribution is 2.33. The Kier molecular flexibility index (Phi) is 5.33. The first-order valence-electron chi connectivity index (χ1n) is 11.4. The number of benzene rings is 5. The number of fused-ring (bicyclic) bond motifs is 4. The molecule has 168 valence electrons. The van der Waals surface area contributed by atoms with Gasteiger partial charge in [0.2, 0.25) is 0 Å². The number of hydrogen-bond donors (Lipinski definition) is 0. The van der Waals surface area contributed by atoms with Gasteiger partial charge in [0, 0.05) is 26.6 Å². The monoisotopic (exact) mass is 472 g/mol. The summed E-state index contributed by atoms with van der Waals surface area (Å²) in [6.07, 6.45) is 5.84. The summed E-state index contributed by atoms with van der Waals surface area (Å²) in [5, 5.41) is 6.06. The van der Waals surface area contributed by atoms with Crippen molar-refractivity contribution < 1.29 is 9.47 Å². The first-order valence-corrected chi connectivity index (χ1v) is 12.2. The molecule has 3 nitrogen and oxygen atoms in total. The van der Waals surface area contributed by atoms with Crippen molar-refractivity contribution in [3.63, 3.8) is 0 Å². The average molecular weight is 473 g/mol. The maximum absolute atomic E-state index is 13.1. The van der Waals surface area contributed by atoms with Gasteiger partial charge in [-0.2, -0.15) is 0 Å². The molecule has 0 spiro atoms. The smallest absolute Gasteiger partial charge is 0.195 e. The molecule has 4 heteroatoms. The predicted molar refractivity (Wildman–Crippen MR) is 146 cm³/mol. The topological polar surface area (TPSA) is 35.5 Å². The molecule has 0 aliphatic rings. The molecular weight excluding hydrogens is 452 g/mol. The molecule has 6 rings (SSSR count). The molecule has 0 radical (unpaired) electrons. The second-order valence-corrected chi connectivity index (χ2v) is 9.44. The second kappa shape index (κ2) is 8.79. The van der Waals surface area contributed by atoms with E-state index in [4.69, 9.17) is 15.9 Å². The molecule has 1 heterocycles. The van der Waals surface area contributed by atoms with E-state index in [1.165, 1.54) is 16.2 Å². The van der Waals surface area contributed by atoms with Gasteiger partial charge in [0.05, 0.1) is 6.61 Å². The van der Waals surface area contributed by atoms with Crippen molar-refractivity contribution in [2.75, 3.05) is 6.61 Å². The van der Waals surface area contributed by atoms with E-state index in [-0.39, 0.29) is 5.43 Å². The largest absolute Gasteiger partial charge is 0.493 e. The van der Waals surface area contributed by atoms with Crippen molar-refractivity contribution in [2.45, 2.75) is 6.42 Å². The van der Waals surface area contributed by atoms with Gasteiger partial charge in [0.15, 0.2) is 5.43 Å². The van der Waals surface area contributed by atoms with E-state index < -0.39 is 0 Å². The molecule has 0 atom stereocenters. The lowest BCUT2D eigenvalue weighted by atomic mass is 10.0. The number of terminal acetylenes is 1. The van der Waals surface area contributed by atoms with E-state index in [1.54, 1.807) is 11.3 Å². The Hall–Kier alpha value is -4.33. The first kappa shape index (κ1) is 21.2. The van der Waals surface area contributed by atoms with Gasteiger partial charge in [-0.05, 0) is 82.2 Å². The second-order valence-electron chi connectivity index (χ2n) is 8.36. The van der Waals surface area contributed by atoms with Crippen LogP contribution in [0.2, 0.25) is 0 Å². The number of ether oxygens (including phenoxy) is 2. The van der Waals surface area contributed by atoms with E-state index in [1.807, 2.05) is 48.5 Å². The number of rotatable bonds is 5. The minimum Gasteiger partial charge on any atom is -0.493 e. The average Bonchev–Trinajstić information content (AvgIpc) is 2.87. The highest BCUT2D eigenvalue weighted by molar-refractivity contribution is 7.24. The molecule has 5 aromatic carbocycles. The predicted octanol–water partition coefficient (Wildman–Crippen LogP) is 7.92. The van der Waals surface area contributed by atoms with Gasteiger partial charge in [0.25, 0.3) is 0 Å². The van der Waals surface area contributed by atoms with Crippen LogP contribution >= 0.6 is 11.3 Å². The standard InChI is InChI=1S/C31H20O3S/c1-2-3-14-33-24-10-12-27-29(18-24)35-30-19-26(11-13-28(30)31(27)32)34-25-9-8-22-15-20-6-4-5-7-21(20)16-23(22)17-25/h1,4-13,15-19H,3,14H2. The van der Waals surface area contributed by atoms with Gasteiger partial charge in [-0.15, -0.1) is 23.7 Å². The van der Waals surface area contributed by atoms with Gasteiger partial charge in [0.1, 0.15) is 17.2 Å². The van der Waals surface area contributed by atoms with E-state index in [0.29, 0.717) is 35.3 Å². The number of hydrogen-bond acceptors (Lipinski definition) is 4. The van der Waals surface area contributed by atoms with Gasteiger partial charge in [-0.3, -0.25) is 4.79 Å². The maximum atomic E-state index is 13.1. The van der Waals surface area contributed by atoms with Gasteiger partial charge < -0.3 is 9.47 Å². The van der Waals surface area contributed by atoms with Crippen LogP contribution in [0.4, 0.5) is 0 Å². The van der Waals surface area contributed by atoms with E-state index in [0.717, 1.165) is 20.5 Å². The summed E-state index contributed by atoms with van der Waals surface area (Å²) >= 11 is 1.55. The van der Waals surface area contributed by atoms with Crippen LogP contribution < -0.4 is 14.9 Å². The molecule has 0 unspecified atom stereocenters. The fraction of sp³-hybridized carbons (Fsp3) is 0.0645. The van der Waals surface area contributed by atoms with E-state index >= 15 is 0 Å². The Bertz CT molecular complexity index is 1840. The van der Waals surface area contributed by atoms with Crippen LogP contribution in [-0.2, 0) is 0 Å². The molecule has 35 heavy (non-hydrogen) atoms. The molecule has 0 bridgehead atoms. The molecule has 0 aliphatic heterocycles. The van der Waals surface area contributed by atoms with Crippen molar-refractivity contribution in [1.29, 1.82) is 0 Å². The van der Waals surface area contributed by atoms with Crippen molar-refractivity contribution in [1.82, 2.24) is 0 Å². The lowest BCUT2D eigenvalue weighted by Gasteiger charge is -2.10. The van der Waals surface area contributed by atoms with Gasteiger partial charge in [-0.25, -0.2) is 0 Å². The third-order valence-corrected chi connectivity index (χ3v) is 7.16. The summed E-state index contributed by atoms with van der Waals surface area (Å²) < 4.78 is 13.7. The molecule has 0 saturated carbocycles. The molecule has 0 N–H and O–H groups in total. The van der Waals surface area contributed by atoms with E-state index in [2.05, 4.69) is 48.4 Å². The van der Waals surface area contributed by atoms with Crippen LogP contribution in [0.5, 0.6) is 17.2 Å². The first-order chi connectivity index (χ1) is 17.2. The Labute approximate surface area is 206 Å². The Morgan fingerprint density at radius 3 is 2.03 bits per heavy atom. The summed E-state index contributed by atoms with van der Waals surface area (Å²) in [5.74, 6) is 4.72. The quantitative estimate of drug-likeness (QED) is 0.145.